The van der Waals surface area contributed by atoms with Crippen LogP contribution in [0.4, 0.5) is 4.39 Å². The first-order valence-corrected chi connectivity index (χ1v) is 10.5. The number of halogens is 1. The van der Waals surface area contributed by atoms with Crippen LogP contribution in [0.1, 0.15) is 37.4 Å². The van der Waals surface area contributed by atoms with E-state index in [1.54, 1.807) is 12.6 Å². The largest absolute Gasteiger partial charge is 0.393 e. The van der Waals surface area contributed by atoms with Crippen molar-refractivity contribution in [3.63, 3.8) is 0 Å². The predicted molar refractivity (Wildman–Crippen MR) is 117 cm³/mol. The number of alkyl halides is 1. The van der Waals surface area contributed by atoms with Crippen LogP contribution in [0.5, 0.6) is 0 Å². The summed E-state index contributed by atoms with van der Waals surface area (Å²) in [5.74, 6) is -2.00. The molecule has 0 spiro atoms. The summed E-state index contributed by atoms with van der Waals surface area (Å²) in [5, 5.41) is 13.3. The maximum Gasteiger partial charge on any atom is 0.254 e. The average Bonchev–Trinajstić information content (AvgIpc) is 2.76. The lowest BCUT2D eigenvalue weighted by molar-refractivity contribution is -0.131. The number of hydrogen-bond acceptors (Lipinski definition) is 4. The van der Waals surface area contributed by atoms with Crippen LogP contribution in [0.2, 0.25) is 0 Å². The minimum absolute atomic E-state index is 0.0988. The second kappa shape index (κ2) is 12.2. The number of carbonyl (C=O) groups is 2. The maximum atomic E-state index is 14.3. The number of amides is 2. The Morgan fingerprint density at radius 2 is 1.94 bits per heavy atom. The van der Waals surface area contributed by atoms with Gasteiger partial charge in [0.2, 0.25) is 5.91 Å². The van der Waals surface area contributed by atoms with E-state index in [0.717, 1.165) is 18.2 Å². The zero-order valence-corrected chi connectivity index (χ0v) is 17.8. The Balaban J connectivity index is 1.92. The van der Waals surface area contributed by atoms with Gasteiger partial charge in [0, 0.05) is 30.8 Å². The highest BCUT2D eigenvalue weighted by molar-refractivity contribution is 5.83. The molecule has 0 aliphatic carbocycles. The van der Waals surface area contributed by atoms with Crippen molar-refractivity contribution < 1.29 is 19.1 Å². The number of nitrogens with one attached hydrogen (secondary N) is 1. The first-order chi connectivity index (χ1) is 14.8. The fourth-order valence-electron chi connectivity index (χ4n) is 3.20. The lowest BCUT2D eigenvalue weighted by Crippen LogP contribution is -2.39. The van der Waals surface area contributed by atoms with Crippen LogP contribution in [0.25, 0.3) is 0 Å². The van der Waals surface area contributed by atoms with Crippen molar-refractivity contribution in [3.8, 4) is 0 Å². The number of pyridine rings is 1. The first-order valence-electron chi connectivity index (χ1n) is 10.5. The molecule has 1 unspecified atom stereocenters. The Kier molecular flexibility index (Phi) is 9.59. The van der Waals surface area contributed by atoms with Gasteiger partial charge in [-0.3, -0.25) is 14.6 Å². The van der Waals surface area contributed by atoms with Gasteiger partial charge in [-0.1, -0.05) is 36.4 Å². The zero-order valence-electron chi connectivity index (χ0n) is 17.8. The fraction of sp³-hybridized carbons (Fsp3) is 0.417. The summed E-state index contributed by atoms with van der Waals surface area (Å²) < 4.78 is 14.3. The Morgan fingerprint density at radius 3 is 2.58 bits per heavy atom. The number of rotatable bonds is 13. The Morgan fingerprint density at radius 1 is 1.23 bits per heavy atom. The molecule has 2 amide bonds. The van der Waals surface area contributed by atoms with Crippen molar-refractivity contribution in [2.45, 2.75) is 50.8 Å². The second-order valence-electron chi connectivity index (χ2n) is 7.89. The number of nitrogens with two attached hydrogens (primary N) is 1. The third-order valence-electron chi connectivity index (χ3n) is 5.25. The molecule has 6 nitrogen and oxygen atoms in total. The van der Waals surface area contributed by atoms with Gasteiger partial charge in [-0.25, -0.2) is 4.39 Å². The van der Waals surface area contributed by atoms with E-state index in [0.29, 0.717) is 19.4 Å². The molecule has 1 aromatic carbocycles. The normalized spacial score (nSPS) is 14.9. The minimum atomic E-state index is -2.20. The van der Waals surface area contributed by atoms with Gasteiger partial charge in [0.15, 0.2) is 5.67 Å². The van der Waals surface area contributed by atoms with E-state index in [-0.39, 0.29) is 25.2 Å². The highest BCUT2D eigenvalue weighted by Crippen LogP contribution is 2.24. The number of benzene rings is 1. The van der Waals surface area contributed by atoms with Crippen LogP contribution < -0.4 is 11.1 Å². The number of aliphatic hydroxyl groups is 1. The second-order valence-corrected chi connectivity index (χ2v) is 7.89. The summed E-state index contributed by atoms with van der Waals surface area (Å²) in [6.07, 6.45) is 3.73. The third-order valence-corrected chi connectivity index (χ3v) is 5.25. The number of hydrogen-bond donors (Lipinski definition) is 3. The van der Waals surface area contributed by atoms with Crippen LogP contribution in [0.15, 0.2) is 54.7 Å². The van der Waals surface area contributed by atoms with Crippen LogP contribution in [0.3, 0.4) is 0 Å². The number of aromatic nitrogens is 1. The van der Waals surface area contributed by atoms with E-state index in [4.69, 9.17) is 5.73 Å². The number of carbonyl (C=O) groups excluding carboxylic acids is 2. The summed E-state index contributed by atoms with van der Waals surface area (Å²) in [5.41, 5.74) is 4.80. The average molecular weight is 429 g/mol. The molecule has 1 radical (unpaired) electrons. The summed E-state index contributed by atoms with van der Waals surface area (Å²) in [7, 11) is 0. The van der Waals surface area contributed by atoms with Crippen molar-refractivity contribution in [2.24, 2.45) is 11.7 Å². The molecule has 2 rings (SSSR count). The third kappa shape index (κ3) is 8.84. The summed E-state index contributed by atoms with van der Waals surface area (Å²) in [4.78, 5) is 28.2. The molecule has 1 heterocycles. The Hall–Kier alpha value is -2.80. The smallest absolute Gasteiger partial charge is 0.254 e. The number of primary amides is 1. The fourth-order valence-corrected chi connectivity index (χ4v) is 3.20. The van der Waals surface area contributed by atoms with E-state index >= 15 is 0 Å². The lowest BCUT2D eigenvalue weighted by Gasteiger charge is -2.23. The lowest BCUT2D eigenvalue weighted by atomic mass is 9.88. The van der Waals surface area contributed by atoms with Gasteiger partial charge in [-0.2, -0.15) is 0 Å². The topological polar surface area (TPSA) is 105 Å². The summed E-state index contributed by atoms with van der Waals surface area (Å²) in [6, 6.07) is 15.2. The number of aliphatic hydroxyl groups excluding tert-OH is 1. The zero-order chi connectivity index (χ0) is 22.7. The first kappa shape index (κ1) is 24.5. The van der Waals surface area contributed by atoms with Gasteiger partial charge in [0.05, 0.1) is 6.10 Å². The van der Waals surface area contributed by atoms with Crippen molar-refractivity contribution in [1.82, 2.24) is 10.3 Å². The molecule has 31 heavy (non-hydrogen) atoms. The van der Waals surface area contributed by atoms with Gasteiger partial charge < -0.3 is 16.2 Å². The molecule has 0 fully saturated rings. The molecule has 0 saturated carbocycles. The van der Waals surface area contributed by atoms with Crippen LogP contribution in [-0.4, -0.2) is 40.2 Å². The van der Waals surface area contributed by atoms with Gasteiger partial charge in [-0.05, 0) is 56.7 Å². The minimum Gasteiger partial charge on any atom is -0.393 e. The molecular weight excluding hydrogens is 397 g/mol. The van der Waals surface area contributed by atoms with Crippen LogP contribution in [0, 0.1) is 12.3 Å². The molecule has 0 aliphatic heterocycles. The molecule has 4 N–H and O–H groups in total. The van der Waals surface area contributed by atoms with Crippen molar-refractivity contribution in [3.05, 3.63) is 72.4 Å². The molecule has 2 aromatic rings. The highest BCUT2D eigenvalue weighted by Gasteiger charge is 2.33. The van der Waals surface area contributed by atoms with Gasteiger partial charge >= 0.3 is 0 Å². The molecule has 167 valence electrons. The molecule has 0 aliphatic rings. The van der Waals surface area contributed by atoms with Crippen molar-refractivity contribution in [1.29, 1.82) is 0 Å². The molecular formula is C24H31FN3O3. The van der Waals surface area contributed by atoms with Crippen LogP contribution >= 0.6 is 0 Å². The van der Waals surface area contributed by atoms with Gasteiger partial charge in [-0.15, -0.1) is 0 Å². The summed E-state index contributed by atoms with van der Waals surface area (Å²) in [6.45, 7) is 1.49. The quantitative estimate of drug-likeness (QED) is 0.456. The molecule has 0 saturated heterocycles. The van der Waals surface area contributed by atoms with Crippen molar-refractivity contribution in [2.75, 3.05) is 6.54 Å². The van der Waals surface area contributed by atoms with Gasteiger partial charge in [0.25, 0.3) is 5.91 Å². The van der Waals surface area contributed by atoms with Crippen LogP contribution in [-0.2, 0) is 22.4 Å². The Labute approximate surface area is 183 Å². The van der Waals surface area contributed by atoms with E-state index in [9.17, 15) is 19.1 Å². The highest BCUT2D eigenvalue weighted by atomic mass is 19.1. The van der Waals surface area contributed by atoms with E-state index < -0.39 is 23.6 Å². The maximum absolute atomic E-state index is 14.3. The predicted octanol–water partition coefficient (Wildman–Crippen LogP) is 2.55. The van der Waals surface area contributed by atoms with Gasteiger partial charge in [0.1, 0.15) is 0 Å². The molecule has 3 atom stereocenters. The monoisotopic (exact) mass is 428 g/mol. The standard InChI is InChI=1S/C24H31FN3O3/c1-24(25,23(26)31)14-12-19(17-21(29)11-10-18-7-3-2-4-8-18)22(30)28-16-13-20-9-5-6-15-27-20/h2-9,11,15,19,21,29H,10,12-14,16-17H2,1H3,(H2,26,31)(H,28,30)/t19-,21-,24?/m1/s1. The molecule has 7 heteroatoms. The van der Waals surface area contributed by atoms with E-state index in [2.05, 4.69) is 10.3 Å². The molecule has 1 aromatic heterocycles. The van der Waals surface area contributed by atoms with Crippen molar-refractivity contribution >= 4 is 11.8 Å². The Bertz CT molecular complexity index is 815. The van der Waals surface area contributed by atoms with E-state index in [1.807, 2.05) is 48.5 Å². The van der Waals surface area contributed by atoms with E-state index in [1.165, 1.54) is 0 Å². The molecule has 0 bridgehead atoms. The number of nitrogens with zero attached hydrogens (tertiary/aromatic N) is 1. The SMILES string of the molecule is CC(F)(CC[C@H](C[C@H](O)[CH]Cc1ccccc1)C(=O)NCCc1ccccn1)C(N)=O. The summed E-state index contributed by atoms with van der Waals surface area (Å²) >= 11 is 0.